The van der Waals surface area contributed by atoms with Gasteiger partial charge in [0, 0.05) is 5.56 Å². The quantitative estimate of drug-likeness (QED) is 0.787. The van der Waals surface area contributed by atoms with Gasteiger partial charge in [-0.3, -0.25) is 5.10 Å². The standard InChI is InChI=1S/C9H6F3N3O/c10-9(11,12)6-1-5(2-7(16)3-6)8-13-4-14-15-8/h1-4,16H,(H,13,14,15). The second-order valence-corrected chi connectivity index (χ2v) is 3.09. The third-order valence-corrected chi connectivity index (χ3v) is 1.92. The molecule has 4 nitrogen and oxygen atoms in total. The fourth-order valence-electron chi connectivity index (χ4n) is 1.25. The van der Waals surface area contributed by atoms with E-state index in [1.54, 1.807) is 0 Å². The van der Waals surface area contributed by atoms with Crippen molar-refractivity contribution in [3.63, 3.8) is 0 Å². The molecule has 0 aliphatic heterocycles. The van der Waals surface area contributed by atoms with E-state index in [0.717, 1.165) is 6.07 Å². The van der Waals surface area contributed by atoms with Gasteiger partial charge in [0.25, 0.3) is 0 Å². The van der Waals surface area contributed by atoms with Gasteiger partial charge in [-0.1, -0.05) is 0 Å². The lowest BCUT2D eigenvalue weighted by molar-refractivity contribution is -0.137. The maximum absolute atomic E-state index is 12.4. The summed E-state index contributed by atoms with van der Waals surface area (Å²) >= 11 is 0. The van der Waals surface area contributed by atoms with Gasteiger partial charge in [-0.05, 0) is 18.2 Å². The first-order chi connectivity index (χ1) is 7.47. The molecule has 0 bridgehead atoms. The molecule has 0 saturated carbocycles. The van der Waals surface area contributed by atoms with E-state index in [2.05, 4.69) is 15.2 Å². The maximum Gasteiger partial charge on any atom is 0.416 e. The highest BCUT2D eigenvalue weighted by Crippen LogP contribution is 2.34. The van der Waals surface area contributed by atoms with Gasteiger partial charge in [0.05, 0.1) is 5.56 Å². The van der Waals surface area contributed by atoms with Gasteiger partial charge in [0.1, 0.15) is 12.1 Å². The molecular weight excluding hydrogens is 223 g/mol. The van der Waals surface area contributed by atoms with Gasteiger partial charge in [0.15, 0.2) is 5.82 Å². The number of alkyl halides is 3. The van der Waals surface area contributed by atoms with Crippen LogP contribution in [0.5, 0.6) is 5.75 Å². The lowest BCUT2D eigenvalue weighted by atomic mass is 10.1. The van der Waals surface area contributed by atoms with Crippen molar-refractivity contribution in [3.05, 3.63) is 30.1 Å². The summed E-state index contributed by atoms with van der Waals surface area (Å²) in [7, 11) is 0. The summed E-state index contributed by atoms with van der Waals surface area (Å²) in [6.07, 6.45) is -3.27. The average molecular weight is 229 g/mol. The predicted octanol–water partition coefficient (Wildman–Crippen LogP) is 2.20. The minimum absolute atomic E-state index is 0.0985. The van der Waals surface area contributed by atoms with Gasteiger partial charge in [-0.15, -0.1) is 0 Å². The molecule has 0 aliphatic rings. The fraction of sp³-hybridized carbons (Fsp3) is 0.111. The van der Waals surface area contributed by atoms with Crippen LogP contribution in [0.3, 0.4) is 0 Å². The number of hydrogen-bond donors (Lipinski definition) is 2. The first-order valence-corrected chi connectivity index (χ1v) is 4.24. The van der Waals surface area contributed by atoms with Crippen molar-refractivity contribution in [1.82, 2.24) is 15.2 Å². The predicted molar refractivity (Wildman–Crippen MR) is 48.5 cm³/mol. The van der Waals surface area contributed by atoms with Crippen LogP contribution in [0.1, 0.15) is 5.56 Å². The molecule has 2 rings (SSSR count). The zero-order chi connectivity index (χ0) is 11.8. The summed E-state index contributed by atoms with van der Waals surface area (Å²) < 4.78 is 37.3. The van der Waals surface area contributed by atoms with E-state index in [9.17, 15) is 18.3 Å². The number of halogens is 3. The van der Waals surface area contributed by atoms with Crippen molar-refractivity contribution < 1.29 is 18.3 Å². The summed E-state index contributed by atoms with van der Waals surface area (Å²) in [4.78, 5) is 3.71. The Morgan fingerprint density at radius 2 is 1.94 bits per heavy atom. The Kier molecular flexibility index (Phi) is 2.30. The molecule has 0 spiro atoms. The summed E-state index contributed by atoms with van der Waals surface area (Å²) in [5.41, 5.74) is -0.833. The van der Waals surface area contributed by atoms with E-state index in [1.807, 2.05) is 0 Å². The number of H-pyrrole nitrogens is 1. The van der Waals surface area contributed by atoms with Crippen LogP contribution in [0.4, 0.5) is 13.2 Å². The van der Waals surface area contributed by atoms with Crippen molar-refractivity contribution in [2.24, 2.45) is 0 Å². The fourth-order valence-corrected chi connectivity index (χ4v) is 1.25. The van der Waals surface area contributed by atoms with Gasteiger partial charge in [0.2, 0.25) is 0 Å². The molecule has 0 fully saturated rings. The van der Waals surface area contributed by atoms with Crippen LogP contribution >= 0.6 is 0 Å². The molecule has 2 N–H and O–H groups in total. The smallest absolute Gasteiger partial charge is 0.416 e. The molecule has 0 unspecified atom stereocenters. The monoisotopic (exact) mass is 229 g/mol. The highest BCUT2D eigenvalue weighted by molar-refractivity contribution is 5.58. The van der Waals surface area contributed by atoms with Gasteiger partial charge < -0.3 is 5.11 Å². The van der Waals surface area contributed by atoms with Crippen molar-refractivity contribution in [3.8, 4) is 17.1 Å². The first-order valence-electron chi connectivity index (χ1n) is 4.24. The molecule has 2 aromatic rings. The first kappa shape index (κ1) is 10.5. The number of hydrogen-bond acceptors (Lipinski definition) is 3. The van der Waals surface area contributed by atoms with Crippen LogP contribution in [0.15, 0.2) is 24.5 Å². The van der Waals surface area contributed by atoms with Crippen LogP contribution in [0.25, 0.3) is 11.4 Å². The molecule has 1 aromatic carbocycles. The average Bonchev–Trinajstić information content (AvgIpc) is 2.68. The molecule has 1 aromatic heterocycles. The van der Waals surface area contributed by atoms with Crippen molar-refractivity contribution in [1.29, 1.82) is 0 Å². The molecule has 84 valence electrons. The molecule has 16 heavy (non-hydrogen) atoms. The van der Waals surface area contributed by atoms with E-state index in [1.165, 1.54) is 12.4 Å². The Balaban J connectivity index is 2.53. The number of nitrogens with one attached hydrogen (secondary N) is 1. The Bertz CT molecular complexity index is 493. The number of aromatic amines is 1. The largest absolute Gasteiger partial charge is 0.508 e. The number of benzene rings is 1. The van der Waals surface area contributed by atoms with Crippen molar-refractivity contribution in [2.75, 3.05) is 0 Å². The van der Waals surface area contributed by atoms with E-state index in [-0.39, 0.29) is 11.4 Å². The summed E-state index contributed by atoms with van der Waals surface area (Å²) in [5, 5.41) is 15.2. The Hall–Kier alpha value is -2.05. The van der Waals surface area contributed by atoms with Crippen LogP contribution in [0, 0.1) is 0 Å². The number of aromatic nitrogens is 3. The SMILES string of the molecule is Oc1cc(-c2nc[nH]n2)cc(C(F)(F)F)c1. The lowest BCUT2D eigenvalue weighted by Gasteiger charge is -2.08. The minimum Gasteiger partial charge on any atom is -0.508 e. The van der Waals surface area contributed by atoms with E-state index >= 15 is 0 Å². The van der Waals surface area contributed by atoms with Crippen molar-refractivity contribution in [2.45, 2.75) is 6.18 Å². The van der Waals surface area contributed by atoms with Crippen LogP contribution in [0.2, 0.25) is 0 Å². The Labute approximate surface area is 87.8 Å². The van der Waals surface area contributed by atoms with Gasteiger partial charge >= 0.3 is 6.18 Å². The molecule has 0 aliphatic carbocycles. The molecule has 1 heterocycles. The molecule has 0 saturated heterocycles. The Morgan fingerprint density at radius 3 is 2.50 bits per heavy atom. The number of phenolic OH excluding ortho intramolecular Hbond substituents is 1. The van der Waals surface area contributed by atoms with E-state index in [0.29, 0.717) is 6.07 Å². The topological polar surface area (TPSA) is 61.8 Å². The van der Waals surface area contributed by atoms with Crippen LogP contribution in [-0.2, 0) is 6.18 Å². The van der Waals surface area contributed by atoms with Gasteiger partial charge in [-0.2, -0.15) is 18.3 Å². The number of nitrogens with zero attached hydrogens (tertiary/aromatic N) is 2. The molecule has 0 amide bonds. The molecule has 7 heteroatoms. The van der Waals surface area contributed by atoms with E-state index in [4.69, 9.17) is 0 Å². The number of aromatic hydroxyl groups is 1. The summed E-state index contributed by atoms with van der Waals surface area (Å²) in [5.74, 6) is -0.379. The summed E-state index contributed by atoms with van der Waals surface area (Å²) in [6, 6.07) is 2.69. The molecule has 0 atom stereocenters. The van der Waals surface area contributed by atoms with Crippen LogP contribution < -0.4 is 0 Å². The lowest BCUT2D eigenvalue weighted by Crippen LogP contribution is -2.04. The Morgan fingerprint density at radius 1 is 1.19 bits per heavy atom. The third kappa shape index (κ3) is 1.97. The van der Waals surface area contributed by atoms with Gasteiger partial charge in [-0.25, -0.2) is 4.98 Å². The van der Waals surface area contributed by atoms with Crippen molar-refractivity contribution >= 4 is 0 Å². The third-order valence-electron chi connectivity index (χ3n) is 1.92. The van der Waals surface area contributed by atoms with Crippen LogP contribution in [-0.4, -0.2) is 20.3 Å². The number of phenols is 1. The highest BCUT2D eigenvalue weighted by Gasteiger charge is 2.31. The second-order valence-electron chi connectivity index (χ2n) is 3.09. The molecular formula is C9H6F3N3O. The highest BCUT2D eigenvalue weighted by atomic mass is 19.4. The second kappa shape index (κ2) is 3.51. The summed E-state index contributed by atoms with van der Waals surface area (Å²) in [6.45, 7) is 0. The zero-order valence-electron chi connectivity index (χ0n) is 7.78. The normalized spacial score (nSPS) is 11.7. The molecule has 0 radical (unpaired) electrons. The zero-order valence-corrected chi connectivity index (χ0v) is 7.78. The minimum atomic E-state index is -4.51. The number of rotatable bonds is 1. The van der Waals surface area contributed by atoms with E-state index < -0.39 is 17.5 Å². The maximum atomic E-state index is 12.4.